The van der Waals surface area contributed by atoms with Crippen molar-refractivity contribution in [1.29, 1.82) is 0 Å². The van der Waals surface area contributed by atoms with Crippen molar-refractivity contribution in [2.45, 2.75) is 33.6 Å². The smallest absolute Gasteiger partial charge is 0.264 e. The van der Waals surface area contributed by atoms with E-state index >= 15 is 0 Å². The zero-order valence-electron chi connectivity index (χ0n) is 15.2. The lowest BCUT2D eigenvalue weighted by Gasteiger charge is -2.15. The zero-order valence-corrected chi connectivity index (χ0v) is 16.8. The van der Waals surface area contributed by atoms with Crippen molar-refractivity contribution in [3.63, 3.8) is 0 Å². The van der Waals surface area contributed by atoms with Crippen molar-refractivity contribution in [3.8, 4) is 5.75 Å². The number of amides is 1. The van der Waals surface area contributed by atoms with Gasteiger partial charge in [-0.1, -0.05) is 42.9 Å². The lowest BCUT2D eigenvalue weighted by atomic mass is 10.0. The summed E-state index contributed by atoms with van der Waals surface area (Å²) >= 11 is 7.67. The lowest BCUT2D eigenvalue weighted by molar-refractivity contribution is -0.118. The third-order valence-electron chi connectivity index (χ3n) is 4.06. The fourth-order valence-corrected chi connectivity index (χ4v) is 3.78. The standard InChI is InChI=1S/C20H21ClN2O2S/c1-11(2)14-9-15(21)13(4)8-17(14)25-10-19(24)23-20-22-16-6-5-12(3)7-18(16)26-20/h5-9,11H,10H2,1-4H3,(H,22,23,24). The fraction of sp³-hybridized carbons (Fsp3) is 0.300. The van der Waals surface area contributed by atoms with Crippen LogP contribution >= 0.6 is 22.9 Å². The normalized spacial score (nSPS) is 11.2. The van der Waals surface area contributed by atoms with Crippen LogP contribution in [-0.2, 0) is 4.79 Å². The van der Waals surface area contributed by atoms with Gasteiger partial charge < -0.3 is 4.74 Å². The van der Waals surface area contributed by atoms with Crippen LogP contribution in [0.5, 0.6) is 5.75 Å². The third-order valence-corrected chi connectivity index (χ3v) is 5.40. The molecule has 1 N–H and O–H groups in total. The molecule has 0 atom stereocenters. The van der Waals surface area contributed by atoms with Gasteiger partial charge in [0.15, 0.2) is 11.7 Å². The monoisotopic (exact) mass is 388 g/mol. The molecule has 0 unspecified atom stereocenters. The maximum absolute atomic E-state index is 12.3. The van der Waals surface area contributed by atoms with E-state index < -0.39 is 0 Å². The SMILES string of the molecule is Cc1ccc2nc(NC(=O)COc3cc(C)c(Cl)cc3C(C)C)sc2c1. The number of anilines is 1. The molecule has 3 rings (SSSR count). The second-order valence-corrected chi connectivity index (χ2v) is 8.06. The summed E-state index contributed by atoms with van der Waals surface area (Å²) in [6.07, 6.45) is 0. The Bertz CT molecular complexity index is 966. The van der Waals surface area contributed by atoms with Crippen molar-refractivity contribution in [2.24, 2.45) is 0 Å². The number of aromatic nitrogens is 1. The first-order valence-electron chi connectivity index (χ1n) is 8.43. The molecule has 4 nitrogen and oxygen atoms in total. The Morgan fingerprint density at radius 2 is 2.04 bits per heavy atom. The second kappa shape index (κ2) is 7.64. The predicted octanol–water partition coefficient (Wildman–Crippen LogP) is 5.71. The van der Waals surface area contributed by atoms with E-state index in [1.807, 2.05) is 38.1 Å². The van der Waals surface area contributed by atoms with Crippen molar-refractivity contribution < 1.29 is 9.53 Å². The number of benzene rings is 2. The number of hydrogen-bond acceptors (Lipinski definition) is 4. The van der Waals surface area contributed by atoms with Crippen LogP contribution in [0.1, 0.15) is 36.5 Å². The Hall–Kier alpha value is -2.11. The molecule has 2 aromatic carbocycles. The van der Waals surface area contributed by atoms with E-state index in [1.165, 1.54) is 16.9 Å². The minimum absolute atomic E-state index is 0.0737. The molecule has 26 heavy (non-hydrogen) atoms. The number of fused-ring (bicyclic) bond motifs is 1. The highest BCUT2D eigenvalue weighted by molar-refractivity contribution is 7.22. The molecule has 0 aliphatic heterocycles. The molecule has 0 saturated heterocycles. The second-order valence-electron chi connectivity index (χ2n) is 6.62. The van der Waals surface area contributed by atoms with E-state index in [1.54, 1.807) is 0 Å². The van der Waals surface area contributed by atoms with Crippen molar-refractivity contribution >= 4 is 44.2 Å². The molecule has 0 spiro atoms. The quantitative estimate of drug-likeness (QED) is 0.609. The van der Waals surface area contributed by atoms with Gasteiger partial charge in [-0.15, -0.1) is 0 Å². The highest BCUT2D eigenvalue weighted by atomic mass is 35.5. The predicted molar refractivity (Wildman–Crippen MR) is 109 cm³/mol. The molecule has 0 radical (unpaired) electrons. The molecule has 0 bridgehead atoms. The summed E-state index contributed by atoms with van der Waals surface area (Å²) in [7, 11) is 0. The molecule has 6 heteroatoms. The van der Waals surface area contributed by atoms with Gasteiger partial charge in [-0.25, -0.2) is 4.98 Å². The number of halogens is 1. The highest BCUT2D eigenvalue weighted by Crippen LogP contribution is 2.32. The Balaban J connectivity index is 1.69. The molecule has 1 amide bonds. The van der Waals surface area contributed by atoms with E-state index in [9.17, 15) is 4.79 Å². The van der Waals surface area contributed by atoms with Crippen LogP contribution in [0.4, 0.5) is 5.13 Å². The number of carbonyl (C=O) groups is 1. The summed E-state index contributed by atoms with van der Waals surface area (Å²) < 4.78 is 6.82. The minimum atomic E-state index is -0.233. The minimum Gasteiger partial charge on any atom is -0.483 e. The summed E-state index contributed by atoms with van der Waals surface area (Å²) in [4.78, 5) is 16.7. The van der Waals surface area contributed by atoms with Crippen molar-refractivity contribution in [2.75, 3.05) is 11.9 Å². The van der Waals surface area contributed by atoms with Gasteiger partial charge in [-0.05, 0) is 60.7 Å². The summed E-state index contributed by atoms with van der Waals surface area (Å²) in [5, 5.41) is 4.10. The van der Waals surface area contributed by atoms with Crippen LogP contribution < -0.4 is 10.1 Å². The number of hydrogen-bond donors (Lipinski definition) is 1. The summed E-state index contributed by atoms with van der Waals surface area (Å²) in [5.41, 5.74) is 3.96. The first-order valence-corrected chi connectivity index (χ1v) is 9.63. The van der Waals surface area contributed by atoms with Gasteiger partial charge in [0.05, 0.1) is 10.2 Å². The Labute approximate surface area is 162 Å². The van der Waals surface area contributed by atoms with Gasteiger partial charge in [0.2, 0.25) is 0 Å². The van der Waals surface area contributed by atoms with Gasteiger partial charge in [0, 0.05) is 5.02 Å². The van der Waals surface area contributed by atoms with Gasteiger partial charge in [-0.2, -0.15) is 0 Å². The molecule has 0 aliphatic rings. The van der Waals surface area contributed by atoms with Crippen LogP contribution in [0, 0.1) is 13.8 Å². The van der Waals surface area contributed by atoms with Crippen LogP contribution in [0.3, 0.4) is 0 Å². The maximum Gasteiger partial charge on any atom is 0.264 e. The molecule has 3 aromatic rings. The van der Waals surface area contributed by atoms with E-state index in [2.05, 4.69) is 30.2 Å². The largest absolute Gasteiger partial charge is 0.483 e. The topological polar surface area (TPSA) is 51.2 Å². The van der Waals surface area contributed by atoms with Crippen molar-refractivity contribution in [1.82, 2.24) is 4.98 Å². The van der Waals surface area contributed by atoms with Crippen LogP contribution in [0.15, 0.2) is 30.3 Å². The number of rotatable bonds is 5. The summed E-state index contributed by atoms with van der Waals surface area (Å²) in [6, 6.07) is 9.81. The van der Waals surface area contributed by atoms with Crippen molar-refractivity contribution in [3.05, 3.63) is 52.0 Å². The molecule has 1 heterocycles. The molecule has 0 saturated carbocycles. The first-order chi connectivity index (χ1) is 12.3. The maximum atomic E-state index is 12.3. The highest BCUT2D eigenvalue weighted by Gasteiger charge is 2.14. The fourth-order valence-electron chi connectivity index (χ4n) is 2.63. The Morgan fingerprint density at radius 3 is 2.77 bits per heavy atom. The van der Waals surface area contributed by atoms with Crippen LogP contribution in [0.2, 0.25) is 5.02 Å². The summed E-state index contributed by atoms with van der Waals surface area (Å²) in [5.74, 6) is 0.707. The van der Waals surface area contributed by atoms with Gasteiger partial charge in [0.25, 0.3) is 5.91 Å². The average molecular weight is 389 g/mol. The first kappa shape index (κ1) is 18.7. The van der Waals surface area contributed by atoms with E-state index in [4.69, 9.17) is 16.3 Å². The number of nitrogens with zero attached hydrogens (tertiary/aromatic N) is 1. The molecule has 136 valence electrons. The molecular weight excluding hydrogens is 368 g/mol. The third kappa shape index (κ3) is 4.17. The van der Waals surface area contributed by atoms with Gasteiger partial charge in [-0.3, -0.25) is 10.1 Å². The number of carbonyl (C=O) groups excluding carboxylic acids is 1. The van der Waals surface area contributed by atoms with Crippen LogP contribution in [0.25, 0.3) is 10.2 Å². The summed E-state index contributed by atoms with van der Waals surface area (Å²) in [6.45, 7) is 8.01. The number of ether oxygens (including phenoxy) is 1. The van der Waals surface area contributed by atoms with Gasteiger partial charge in [0.1, 0.15) is 5.75 Å². The van der Waals surface area contributed by atoms with E-state index in [-0.39, 0.29) is 18.4 Å². The molecule has 0 fully saturated rings. The molecule has 0 aliphatic carbocycles. The average Bonchev–Trinajstić information content (AvgIpc) is 2.96. The molecule has 1 aromatic heterocycles. The van der Waals surface area contributed by atoms with Crippen LogP contribution in [-0.4, -0.2) is 17.5 Å². The molecular formula is C20H21ClN2O2S. The number of nitrogens with one attached hydrogen (secondary N) is 1. The Morgan fingerprint density at radius 1 is 1.27 bits per heavy atom. The number of thiazole rings is 1. The lowest BCUT2D eigenvalue weighted by Crippen LogP contribution is -2.20. The number of aryl methyl sites for hydroxylation is 2. The van der Waals surface area contributed by atoms with E-state index in [0.717, 1.165) is 21.3 Å². The Kier molecular flexibility index (Phi) is 5.49. The van der Waals surface area contributed by atoms with Gasteiger partial charge >= 0.3 is 0 Å². The zero-order chi connectivity index (χ0) is 18.8. The van der Waals surface area contributed by atoms with E-state index in [0.29, 0.717) is 15.9 Å².